The maximum Gasteiger partial charge on any atom is 0.254 e. The number of hydrogen-bond donors (Lipinski definition) is 0. The summed E-state index contributed by atoms with van der Waals surface area (Å²) < 4.78 is 4.08. The number of fused-ring (bicyclic) bond motifs is 1. The van der Waals surface area contributed by atoms with Gasteiger partial charge in [-0.1, -0.05) is 12.8 Å². The van der Waals surface area contributed by atoms with Gasteiger partial charge in [-0.3, -0.25) is 9.48 Å². The molecule has 5 nitrogen and oxygen atoms in total. The molecule has 0 atom stereocenters. The predicted octanol–water partition coefficient (Wildman–Crippen LogP) is 4.28. The monoisotopic (exact) mass is 388 g/mol. The van der Waals surface area contributed by atoms with E-state index in [0.717, 1.165) is 42.6 Å². The number of nitrogens with zero attached hydrogens (tertiary/aromatic N) is 4. The molecule has 1 aromatic carbocycles. The smallest absolute Gasteiger partial charge is 0.254 e. The summed E-state index contributed by atoms with van der Waals surface area (Å²) in [5, 5.41) is 4.79. The first-order chi connectivity index (χ1) is 14.2. The van der Waals surface area contributed by atoms with E-state index in [1.165, 1.54) is 30.5 Å². The van der Waals surface area contributed by atoms with Crippen molar-refractivity contribution in [1.82, 2.24) is 19.2 Å². The third kappa shape index (κ3) is 3.39. The number of carbonyl (C=O) groups is 1. The summed E-state index contributed by atoms with van der Waals surface area (Å²) in [5.74, 6) is 0.133. The Bertz CT molecular complexity index is 994. The van der Waals surface area contributed by atoms with Gasteiger partial charge in [0.2, 0.25) is 0 Å². The summed E-state index contributed by atoms with van der Waals surface area (Å²) in [6.45, 7) is 0.631. The van der Waals surface area contributed by atoms with E-state index in [0.29, 0.717) is 12.6 Å². The van der Waals surface area contributed by atoms with E-state index in [1.54, 1.807) is 0 Å². The molecule has 0 saturated heterocycles. The molecular formula is C24H28N4O. The van der Waals surface area contributed by atoms with Crippen molar-refractivity contribution in [3.05, 3.63) is 71.3 Å². The standard InChI is InChI=1S/C24H28N4O/c1-26-23-10-6-9-21(23)22(25-26)17-28(20-7-2-3-8-20)24(29)18-11-13-19(14-12-18)27-15-4-5-16-27/h4-5,11-16,20H,2-3,6-10,17H2,1H3. The number of benzene rings is 1. The SMILES string of the molecule is Cn1nc(CN(C(=O)c2ccc(-n3cccc3)cc2)C2CCCC2)c2c1CCC2. The summed E-state index contributed by atoms with van der Waals surface area (Å²) in [6.07, 6.45) is 12.1. The van der Waals surface area contributed by atoms with Gasteiger partial charge in [0.25, 0.3) is 5.91 Å². The molecule has 0 spiro atoms. The molecule has 0 unspecified atom stereocenters. The van der Waals surface area contributed by atoms with Crippen LogP contribution in [0.1, 0.15) is 59.4 Å². The van der Waals surface area contributed by atoms with Crippen molar-refractivity contribution in [3.8, 4) is 5.69 Å². The number of hydrogen-bond acceptors (Lipinski definition) is 2. The van der Waals surface area contributed by atoms with Gasteiger partial charge in [-0.25, -0.2) is 0 Å². The third-order valence-electron chi connectivity index (χ3n) is 6.56. The van der Waals surface area contributed by atoms with Gasteiger partial charge in [0, 0.05) is 42.4 Å². The number of aromatic nitrogens is 3. The van der Waals surface area contributed by atoms with Gasteiger partial charge in [-0.15, -0.1) is 0 Å². The van der Waals surface area contributed by atoms with E-state index in [2.05, 4.69) is 9.47 Å². The molecule has 2 aromatic heterocycles. The van der Waals surface area contributed by atoms with Gasteiger partial charge < -0.3 is 9.47 Å². The Morgan fingerprint density at radius 3 is 2.52 bits per heavy atom. The number of amides is 1. The molecular weight excluding hydrogens is 360 g/mol. The molecule has 0 radical (unpaired) electrons. The first kappa shape index (κ1) is 18.2. The van der Waals surface area contributed by atoms with Crippen LogP contribution in [0.25, 0.3) is 5.69 Å². The minimum atomic E-state index is 0.133. The number of carbonyl (C=O) groups excluding carboxylic acids is 1. The zero-order chi connectivity index (χ0) is 19.8. The highest BCUT2D eigenvalue weighted by Gasteiger charge is 2.30. The lowest BCUT2D eigenvalue weighted by atomic mass is 10.1. The molecule has 0 bridgehead atoms. The zero-order valence-electron chi connectivity index (χ0n) is 17.1. The lowest BCUT2D eigenvalue weighted by Crippen LogP contribution is -2.38. The van der Waals surface area contributed by atoms with Crippen molar-refractivity contribution in [2.24, 2.45) is 7.05 Å². The minimum Gasteiger partial charge on any atom is -0.330 e. The van der Waals surface area contributed by atoms with E-state index in [-0.39, 0.29) is 5.91 Å². The Morgan fingerprint density at radius 1 is 1.07 bits per heavy atom. The van der Waals surface area contributed by atoms with Crippen LogP contribution >= 0.6 is 0 Å². The number of rotatable bonds is 5. The van der Waals surface area contributed by atoms with Crippen molar-refractivity contribution in [2.75, 3.05) is 0 Å². The molecule has 3 aromatic rings. The van der Waals surface area contributed by atoms with Crippen molar-refractivity contribution in [2.45, 2.75) is 57.5 Å². The maximum absolute atomic E-state index is 13.5. The van der Waals surface area contributed by atoms with Crippen LogP contribution in [0.5, 0.6) is 0 Å². The second-order valence-corrected chi connectivity index (χ2v) is 8.36. The molecule has 29 heavy (non-hydrogen) atoms. The van der Waals surface area contributed by atoms with Gasteiger partial charge in [0.15, 0.2) is 0 Å². The van der Waals surface area contributed by atoms with Crippen molar-refractivity contribution in [3.63, 3.8) is 0 Å². The van der Waals surface area contributed by atoms with Gasteiger partial charge in [-0.2, -0.15) is 5.10 Å². The molecule has 2 heterocycles. The van der Waals surface area contributed by atoms with Crippen LogP contribution < -0.4 is 0 Å². The van der Waals surface area contributed by atoms with Gasteiger partial charge in [-0.05, 0) is 74.1 Å². The highest BCUT2D eigenvalue weighted by Crippen LogP contribution is 2.30. The Morgan fingerprint density at radius 2 is 1.79 bits per heavy atom. The Balaban J connectivity index is 1.42. The van der Waals surface area contributed by atoms with E-state index in [1.807, 2.05) is 60.5 Å². The van der Waals surface area contributed by atoms with Crippen LogP contribution in [0.3, 0.4) is 0 Å². The fourth-order valence-corrected chi connectivity index (χ4v) is 5.02. The molecule has 0 aliphatic heterocycles. The highest BCUT2D eigenvalue weighted by molar-refractivity contribution is 5.94. The Labute approximate surface area is 171 Å². The number of aryl methyl sites for hydroxylation is 1. The average molecular weight is 389 g/mol. The second kappa shape index (κ2) is 7.54. The van der Waals surface area contributed by atoms with E-state index in [4.69, 9.17) is 5.10 Å². The molecule has 1 amide bonds. The molecule has 2 aliphatic carbocycles. The summed E-state index contributed by atoms with van der Waals surface area (Å²) >= 11 is 0. The van der Waals surface area contributed by atoms with E-state index < -0.39 is 0 Å². The first-order valence-corrected chi connectivity index (χ1v) is 10.8. The van der Waals surface area contributed by atoms with Gasteiger partial charge in [0.1, 0.15) is 0 Å². The molecule has 150 valence electrons. The summed E-state index contributed by atoms with van der Waals surface area (Å²) in [5.41, 5.74) is 5.67. The zero-order valence-corrected chi connectivity index (χ0v) is 17.1. The quantitative estimate of drug-likeness (QED) is 0.655. The maximum atomic E-state index is 13.5. The lowest BCUT2D eigenvalue weighted by molar-refractivity contribution is 0.0661. The van der Waals surface area contributed by atoms with Crippen LogP contribution in [0.15, 0.2) is 48.8 Å². The van der Waals surface area contributed by atoms with Gasteiger partial charge in [0.05, 0.1) is 12.2 Å². The Kier molecular flexibility index (Phi) is 4.74. The summed E-state index contributed by atoms with van der Waals surface area (Å²) in [4.78, 5) is 15.6. The minimum absolute atomic E-state index is 0.133. The topological polar surface area (TPSA) is 43.1 Å². The Hall–Kier alpha value is -2.82. The van der Waals surface area contributed by atoms with E-state index in [9.17, 15) is 4.79 Å². The fourth-order valence-electron chi connectivity index (χ4n) is 5.02. The van der Waals surface area contributed by atoms with Crippen LogP contribution in [0.2, 0.25) is 0 Å². The predicted molar refractivity (Wildman–Crippen MR) is 113 cm³/mol. The van der Waals surface area contributed by atoms with Crippen LogP contribution in [0, 0.1) is 0 Å². The molecule has 5 rings (SSSR count). The average Bonchev–Trinajstić information content (AvgIpc) is 3.54. The van der Waals surface area contributed by atoms with Crippen LogP contribution in [0.4, 0.5) is 0 Å². The molecule has 5 heteroatoms. The van der Waals surface area contributed by atoms with Crippen molar-refractivity contribution >= 4 is 5.91 Å². The highest BCUT2D eigenvalue weighted by atomic mass is 16.2. The lowest BCUT2D eigenvalue weighted by Gasteiger charge is -2.29. The normalized spacial score (nSPS) is 16.3. The van der Waals surface area contributed by atoms with Crippen LogP contribution in [-0.2, 0) is 26.4 Å². The van der Waals surface area contributed by atoms with Crippen LogP contribution in [-0.4, -0.2) is 31.2 Å². The van der Waals surface area contributed by atoms with Crippen molar-refractivity contribution < 1.29 is 4.79 Å². The van der Waals surface area contributed by atoms with Gasteiger partial charge >= 0.3 is 0 Å². The largest absolute Gasteiger partial charge is 0.330 e. The summed E-state index contributed by atoms with van der Waals surface area (Å²) in [7, 11) is 2.04. The van der Waals surface area contributed by atoms with E-state index >= 15 is 0 Å². The third-order valence-corrected chi connectivity index (χ3v) is 6.56. The molecule has 1 saturated carbocycles. The molecule has 1 fully saturated rings. The first-order valence-electron chi connectivity index (χ1n) is 10.8. The molecule has 0 N–H and O–H groups in total. The second-order valence-electron chi connectivity index (χ2n) is 8.36. The van der Waals surface area contributed by atoms with Crippen molar-refractivity contribution in [1.29, 1.82) is 0 Å². The fraction of sp³-hybridized carbons (Fsp3) is 0.417. The summed E-state index contributed by atoms with van der Waals surface area (Å²) in [6, 6.07) is 12.3. The molecule has 2 aliphatic rings.